The molecule has 0 heterocycles. The summed E-state index contributed by atoms with van der Waals surface area (Å²) in [7, 11) is 0. The van der Waals surface area contributed by atoms with E-state index in [1.165, 1.54) is 244 Å². The second kappa shape index (κ2) is 49.3. The molecule has 1 N–H and O–H groups in total. The van der Waals surface area contributed by atoms with Gasteiger partial charge in [0.2, 0.25) is 0 Å². The molecule has 0 rings (SSSR count). The standard InChI is InChI=1S/C51H100O4/c1-3-5-7-9-11-13-15-17-19-21-23-24-25-26-27-28-30-32-34-36-38-40-42-44-46-51(53)55-50(48-52)49-54-47-45-43-41-39-37-35-33-31-29-22-20-18-16-14-12-10-8-6-4-2/h20,22,50,52H,3-19,21,23-49H2,1-2H3/b22-20-. The first kappa shape index (κ1) is 54.1. The number of aliphatic hydroxyl groups is 1. The van der Waals surface area contributed by atoms with Crippen LogP contribution < -0.4 is 0 Å². The Labute approximate surface area is 345 Å². The molecule has 0 saturated heterocycles. The van der Waals surface area contributed by atoms with Crippen LogP contribution in [0.15, 0.2) is 12.2 Å². The summed E-state index contributed by atoms with van der Waals surface area (Å²) in [5, 5.41) is 9.64. The Morgan fingerprint density at radius 3 is 1.04 bits per heavy atom. The van der Waals surface area contributed by atoms with E-state index in [0.29, 0.717) is 19.6 Å². The molecule has 0 fully saturated rings. The van der Waals surface area contributed by atoms with Gasteiger partial charge in [0.05, 0.1) is 13.2 Å². The highest BCUT2D eigenvalue weighted by Gasteiger charge is 2.13. The van der Waals surface area contributed by atoms with Crippen LogP contribution in [0, 0.1) is 0 Å². The SMILES string of the molecule is CCCCCCCCC/C=C\CCCCCCCCCCOCC(CO)OC(=O)CCCCCCCCCCCCCCCCCCCCCCCCCC. The van der Waals surface area contributed by atoms with Gasteiger partial charge in [-0.15, -0.1) is 0 Å². The van der Waals surface area contributed by atoms with Gasteiger partial charge in [-0.1, -0.05) is 251 Å². The highest BCUT2D eigenvalue weighted by molar-refractivity contribution is 5.69. The molecule has 0 amide bonds. The summed E-state index contributed by atoms with van der Waals surface area (Å²) in [5.41, 5.74) is 0. The van der Waals surface area contributed by atoms with Crippen LogP contribution in [-0.2, 0) is 14.3 Å². The largest absolute Gasteiger partial charge is 0.457 e. The number of hydrogen-bond donors (Lipinski definition) is 1. The van der Waals surface area contributed by atoms with Crippen molar-refractivity contribution >= 4 is 5.97 Å². The Hall–Kier alpha value is -0.870. The van der Waals surface area contributed by atoms with Crippen LogP contribution in [0.4, 0.5) is 0 Å². The number of rotatable bonds is 48. The Morgan fingerprint density at radius 2 is 0.709 bits per heavy atom. The molecule has 4 nitrogen and oxygen atoms in total. The zero-order valence-corrected chi connectivity index (χ0v) is 37.7. The third-order valence-electron chi connectivity index (χ3n) is 11.6. The fourth-order valence-electron chi connectivity index (χ4n) is 7.80. The summed E-state index contributed by atoms with van der Waals surface area (Å²) < 4.78 is 11.2. The van der Waals surface area contributed by atoms with Crippen LogP contribution >= 0.6 is 0 Å². The molecule has 1 unspecified atom stereocenters. The van der Waals surface area contributed by atoms with Crippen LogP contribution in [0.1, 0.15) is 284 Å². The molecule has 0 saturated carbocycles. The van der Waals surface area contributed by atoms with Crippen molar-refractivity contribution < 1.29 is 19.4 Å². The number of aliphatic hydroxyl groups excluding tert-OH is 1. The Bertz CT molecular complexity index is 736. The molecule has 0 aliphatic carbocycles. The van der Waals surface area contributed by atoms with Gasteiger partial charge in [-0.2, -0.15) is 0 Å². The molecule has 55 heavy (non-hydrogen) atoms. The van der Waals surface area contributed by atoms with Crippen molar-refractivity contribution in [1.82, 2.24) is 0 Å². The Kier molecular flexibility index (Phi) is 48.5. The highest BCUT2D eigenvalue weighted by atomic mass is 16.6. The lowest BCUT2D eigenvalue weighted by Gasteiger charge is -2.16. The highest BCUT2D eigenvalue weighted by Crippen LogP contribution is 2.17. The molecule has 4 heteroatoms. The fraction of sp³-hybridized carbons (Fsp3) is 0.941. The van der Waals surface area contributed by atoms with Crippen molar-refractivity contribution in [2.45, 2.75) is 290 Å². The smallest absolute Gasteiger partial charge is 0.306 e. The van der Waals surface area contributed by atoms with Crippen molar-refractivity contribution in [2.24, 2.45) is 0 Å². The third kappa shape index (κ3) is 47.4. The van der Waals surface area contributed by atoms with E-state index in [4.69, 9.17) is 9.47 Å². The van der Waals surface area contributed by atoms with Crippen LogP contribution in [-0.4, -0.2) is 37.0 Å². The monoisotopic (exact) mass is 777 g/mol. The maximum atomic E-state index is 12.3. The average Bonchev–Trinajstić information content (AvgIpc) is 3.19. The van der Waals surface area contributed by atoms with Gasteiger partial charge < -0.3 is 14.6 Å². The van der Waals surface area contributed by atoms with E-state index in [1.54, 1.807) is 0 Å². The van der Waals surface area contributed by atoms with E-state index >= 15 is 0 Å². The third-order valence-corrected chi connectivity index (χ3v) is 11.6. The quantitative estimate of drug-likeness (QED) is 0.0380. The topological polar surface area (TPSA) is 55.8 Å². The molecule has 0 aromatic rings. The van der Waals surface area contributed by atoms with Crippen LogP contribution in [0.5, 0.6) is 0 Å². The van der Waals surface area contributed by atoms with Crippen molar-refractivity contribution in [2.75, 3.05) is 19.8 Å². The molecule has 0 aliphatic rings. The average molecular weight is 777 g/mol. The van der Waals surface area contributed by atoms with E-state index < -0.39 is 6.10 Å². The number of carbonyl (C=O) groups is 1. The number of ether oxygens (including phenoxy) is 2. The van der Waals surface area contributed by atoms with E-state index in [-0.39, 0.29) is 12.6 Å². The number of carbonyl (C=O) groups excluding carboxylic acids is 1. The summed E-state index contributed by atoms with van der Waals surface area (Å²) in [4.78, 5) is 12.3. The molecule has 328 valence electrons. The molecule has 0 aromatic heterocycles. The summed E-state index contributed by atoms with van der Waals surface area (Å²) in [6.45, 7) is 5.40. The van der Waals surface area contributed by atoms with Crippen LogP contribution in [0.25, 0.3) is 0 Å². The lowest BCUT2D eigenvalue weighted by molar-refractivity contribution is -0.154. The molecule has 1 atom stereocenters. The molecular weight excluding hydrogens is 677 g/mol. The number of unbranched alkanes of at least 4 members (excludes halogenated alkanes) is 38. The van der Waals surface area contributed by atoms with Crippen LogP contribution in [0.3, 0.4) is 0 Å². The molecule has 0 spiro atoms. The summed E-state index contributed by atoms with van der Waals surface area (Å²) in [6.07, 6.45) is 60.2. The lowest BCUT2D eigenvalue weighted by Crippen LogP contribution is -2.27. The number of allylic oxidation sites excluding steroid dienone is 2. The van der Waals surface area contributed by atoms with E-state index in [0.717, 1.165) is 19.3 Å². The second-order valence-corrected chi connectivity index (χ2v) is 17.2. The summed E-state index contributed by atoms with van der Waals surface area (Å²) in [6, 6.07) is 0. The number of hydrogen-bond acceptors (Lipinski definition) is 4. The minimum atomic E-state index is -0.531. The first-order valence-corrected chi connectivity index (χ1v) is 25.3. The minimum absolute atomic E-state index is 0.167. The predicted molar refractivity (Wildman–Crippen MR) is 242 cm³/mol. The normalized spacial score (nSPS) is 12.3. The molecule has 0 bridgehead atoms. The van der Waals surface area contributed by atoms with Gasteiger partial charge in [0.25, 0.3) is 0 Å². The fourth-order valence-corrected chi connectivity index (χ4v) is 7.80. The van der Waals surface area contributed by atoms with Crippen molar-refractivity contribution in [3.8, 4) is 0 Å². The lowest BCUT2D eigenvalue weighted by atomic mass is 10.0. The zero-order valence-electron chi connectivity index (χ0n) is 37.7. The zero-order chi connectivity index (χ0) is 39.8. The van der Waals surface area contributed by atoms with Crippen molar-refractivity contribution in [3.63, 3.8) is 0 Å². The van der Waals surface area contributed by atoms with Gasteiger partial charge in [0, 0.05) is 13.0 Å². The minimum Gasteiger partial charge on any atom is -0.457 e. The van der Waals surface area contributed by atoms with E-state index in [9.17, 15) is 9.90 Å². The summed E-state index contributed by atoms with van der Waals surface area (Å²) in [5.74, 6) is -0.194. The second-order valence-electron chi connectivity index (χ2n) is 17.2. The van der Waals surface area contributed by atoms with Crippen molar-refractivity contribution in [1.29, 1.82) is 0 Å². The Morgan fingerprint density at radius 1 is 0.418 bits per heavy atom. The maximum absolute atomic E-state index is 12.3. The van der Waals surface area contributed by atoms with E-state index in [1.807, 2.05) is 0 Å². The number of esters is 1. The first-order chi connectivity index (χ1) is 27.2. The van der Waals surface area contributed by atoms with Gasteiger partial charge in [-0.3, -0.25) is 4.79 Å². The maximum Gasteiger partial charge on any atom is 0.306 e. The predicted octanol–water partition coefficient (Wildman–Crippen LogP) is 16.9. The molecule has 0 radical (unpaired) electrons. The molecule has 0 aliphatic heterocycles. The summed E-state index contributed by atoms with van der Waals surface area (Å²) >= 11 is 0. The first-order valence-electron chi connectivity index (χ1n) is 25.3. The van der Waals surface area contributed by atoms with Gasteiger partial charge in [0.15, 0.2) is 0 Å². The molecular formula is C51H100O4. The van der Waals surface area contributed by atoms with Gasteiger partial charge in [0.1, 0.15) is 6.10 Å². The van der Waals surface area contributed by atoms with Gasteiger partial charge in [-0.25, -0.2) is 0 Å². The molecule has 0 aromatic carbocycles. The Balaban J connectivity index is 3.35. The van der Waals surface area contributed by atoms with E-state index in [2.05, 4.69) is 26.0 Å². The van der Waals surface area contributed by atoms with Crippen molar-refractivity contribution in [3.05, 3.63) is 12.2 Å². The van der Waals surface area contributed by atoms with Gasteiger partial charge in [-0.05, 0) is 38.5 Å². The van der Waals surface area contributed by atoms with Gasteiger partial charge >= 0.3 is 5.97 Å². The van der Waals surface area contributed by atoms with Crippen LogP contribution in [0.2, 0.25) is 0 Å².